The molecule has 186 valence electrons. The Balaban J connectivity index is 1.47. The minimum Gasteiger partial charge on any atom is -0.493 e. The Kier molecular flexibility index (Phi) is 6.50. The molecule has 0 amide bonds. The molecule has 0 spiro atoms. The standard InChI is InChI=1S/C25H34N8OS/c1-15(2)12-31-7-9-32(10-8-31)25-17(5)28-24(35-25)22-20(16(3)4)21(29-30-22)18-11-19(34-6)23-26-14-27-33(23)13-18/h11,13-16H,7-10,12H2,1-6H3,(H,29,30). The van der Waals surface area contributed by atoms with Crippen LogP contribution in [0.2, 0.25) is 0 Å². The Labute approximate surface area is 210 Å². The van der Waals surface area contributed by atoms with Gasteiger partial charge in [-0.15, -0.1) is 0 Å². The lowest BCUT2D eigenvalue weighted by atomic mass is 9.97. The number of piperazine rings is 1. The summed E-state index contributed by atoms with van der Waals surface area (Å²) in [5, 5.41) is 14.6. The average molecular weight is 495 g/mol. The molecule has 0 aromatic carbocycles. The predicted octanol–water partition coefficient (Wildman–Crippen LogP) is 4.46. The molecule has 4 aromatic heterocycles. The normalized spacial score (nSPS) is 15.1. The van der Waals surface area contributed by atoms with Crippen molar-refractivity contribution in [1.82, 2.24) is 34.7 Å². The molecule has 0 radical (unpaired) electrons. The molecule has 0 aliphatic carbocycles. The van der Waals surface area contributed by atoms with Crippen molar-refractivity contribution < 1.29 is 4.74 Å². The fraction of sp³-hybridized carbons (Fsp3) is 0.520. The maximum Gasteiger partial charge on any atom is 0.197 e. The second-order valence-corrected chi connectivity index (χ2v) is 10.9. The van der Waals surface area contributed by atoms with Crippen LogP contribution >= 0.6 is 11.3 Å². The monoisotopic (exact) mass is 494 g/mol. The molecule has 5 rings (SSSR count). The van der Waals surface area contributed by atoms with E-state index in [4.69, 9.17) is 14.8 Å². The number of H-pyrrole nitrogens is 1. The van der Waals surface area contributed by atoms with E-state index in [0.29, 0.717) is 17.3 Å². The van der Waals surface area contributed by atoms with Crippen molar-refractivity contribution in [2.24, 2.45) is 5.92 Å². The number of anilines is 1. The summed E-state index contributed by atoms with van der Waals surface area (Å²) in [6.07, 6.45) is 3.48. The van der Waals surface area contributed by atoms with E-state index in [2.05, 4.69) is 59.6 Å². The van der Waals surface area contributed by atoms with Crippen LogP contribution in [0, 0.1) is 12.8 Å². The van der Waals surface area contributed by atoms with Crippen LogP contribution in [0.4, 0.5) is 5.00 Å². The SMILES string of the molecule is COc1cc(-c2n[nH]c(-c3nc(C)c(N4CCN(CC(C)C)CC4)s3)c2C(C)C)cn2ncnc12. The molecule has 1 saturated heterocycles. The molecule has 0 bridgehead atoms. The summed E-state index contributed by atoms with van der Waals surface area (Å²) in [7, 11) is 1.65. The van der Waals surface area contributed by atoms with E-state index >= 15 is 0 Å². The molecule has 1 N–H and O–H groups in total. The first-order chi connectivity index (χ1) is 16.9. The molecule has 10 heteroatoms. The van der Waals surface area contributed by atoms with E-state index in [1.165, 1.54) is 17.9 Å². The zero-order chi connectivity index (χ0) is 24.7. The maximum atomic E-state index is 5.57. The van der Waals surface area contributed by atoms with Crippen LogP contribution in [-0.4, -0.2) is 74.5 Å². The van der Waals surface area contributed by atoms with Crippen molar-refractivity contribution in [2.75, 3.05) is 44.7 Å². The van der Waals surface area contributed by atoms with Gasteiger partial charge in [-0.3, -0.25) is 10.00 Å². The zero-order valence-electron chi connectivity index (χ0n) is 21.4. The number of ether oxygens (including phenoxy) is 1. The van der Waals surface area contributed by atoms with Gasteiger partial charge in [0.1, 0.15) is 16.3 Å². The van der Waals surface area contributed by atoms with E-state index < -0.39 is 0 Å². The number of methoxy groups -OCH3 is 1. The van der Waals surface area contributed by atoms with Gasteiger partial charge in [0.25, 0.3) is 0 Å². The number of aryl methyl sites for hydroxylation is 1. The fourth-order valence-electron chi connectivity index (χ4n) is 4.91. The van der Waals surface area contributed by atoms with Crippen molar-refractivity contribution in [2.45, 2.75) is 40.5 Å². The summed E-state index contributed by atoms with van der Waals surface area (Å²) in [5.74, 6) is 1.62. The van der Waals surface area contributed by atoms with Gasteiger partial charge in [0.15, 0.2) is 11.4 Å². The molecule has 9 nitrogen and oxygen atoms in total. The second kappa shape index (κ2) is 9.58. The first-order valence-corrected chi connectivity index (χ1v) is 13.1. The smallest absolute Gasteiger partial charge is 0.197 e. The van der Waals surface area contributed by atoms with Gasteiger partial charge in [0, 0.05) is 50.0 Å². The third kappa shape index (κ3) is 4.52. The Bertz CT molecular complexity index is 1310. The molecule has 0 unspecified atom stereocenters. The van der Waals surface area contributed by atoms with Gasteiger partial charge in [-0.05, 0) is 24.8 Å². The van der Waals surface area contributed by atoms with Crippen molar-refractivity contribution in [1.29, 1.82) is 0 Å². The molecule has 5 heterocycles. The predicted molar refractivity (Wildman–Crippen MR) is 141 cm³/mol. The van der Waals surface area contributed by atoms with Gasteiger partial charge < -0.3 is 9.64 Å². The third-order valence-electron chi connectivity index (χ3n) is 6.48. The lowest BCUT2D eigenvalue weighted by Crippen LogP contribution is -2.47. The average Bonchev–Trinajstić information content (AvgIpc) is 3.56. The number of hydrogen-bond acceptors (Lipinski definition) is 8. The quantitative estimate of drug-likeness (QED) is 0.406. The van der Waals surface area contributed by atoms with Crippen LogP contribution < -0.4 is 9.64 Å². The highest BCUT2D eigenvalue weighted by molar-refractivity contribution is 7.19. The molecule has 1 fully saturated rings. The number of nitrogens with one attached hydrogen (secondary N) is 1. The zero-order valence-corrected chi connectivity index (χ0v) is 22.2. The van der Waals surface area contributed by atoms with Crippen molar-refractivity contribution >= 4 is 22.0 Å². The van der Waals surface area contributed by atoms with Crippen LogP contribution in [0.25, 0.3) is 27.6 Å². The summed E-state index contributed by atoms with van der Waals surface area (Å²) < 4.78 is 7.31. The molecule has 4 aromatic rings. The topological polar surface area (TPSA) is 87.5 Å². The lowest BCUT2D eigenvalue weighted by molar-refractivity contribution is 0.231. The van der Waals surface area contributed by atoms with E-state index in [1.807, 2.05) is 12.3 Å². The lowest BCUT2D eigenvalue weighted by Gasteiger charge is -2.36. The Morgan fingerprint density at radius 3 is 2.60 bits per heavy atom. The van der Waals surface area contributed by atoms with Gasteiger partial charge >= 0.3 is 0 Å². The number of thiazole rings is 1. The second-order valence-electron chi connectivity index (χ2n) is 9.93. The Morgan fingerprint density at radius 1 is 1.14 bits per heavy atom. The summed E-state index contributed by atoms with van der Waals surface area (Å²) in [4.78, 5) is 14.3. The number of hydrogen-bond donors (Lipinski definition) is 1. The number of aromatic amines is 1. The molecule has 1 aliphatic heterocycles. The molecule has 35 heavy (non-hydrogen) atoms. The molecular weight excluding hydrogens is 460 g/mol. The molecule has 1 aliphatic rings. The van der Waals surface area contributed by atoms with Crippen LogP contribution in [0.3, 0.4) is 0 Å². The fourth-order valence-corrected chi connectivity index (χ4v) is 6.04. The van der Waals surface area contributed by atoms with Crippen LogP contribution in [0.5, 0.6) is 5.75 Å². The largest absolute Gasteiger partial charge is 0.493 e. The van der Waals surface area contributed by atoms with E-state index in [9.17, 15) is 0 Å². The number of nitrogens with zero attached hydrogens (tertiary/aromatic N) is 7. The van der Waals surface area contributed by atoms with E-state index in [0.717, 1.165) is 59.4 Å². The van der Waals surface area contributed by atoms with Crippen molar-refractivity contribution in [3.63, 3.8) is 0 Å². The summed E-state index contributed by atoms with van der Waals surface area (Å²) in [5.41, 5.74) is 5.73. The van der Waals surface area contributed by atoms with Crippen molar-refractivity contribution in [3.8, 4) is 27.7 Å². The summed E-state index contributed by atoms with van der Waals surface area (Å²) in [6.45, 7) is 16.5. The molecule has 0 saturated carbocycles. The Hall–Kier alpha value is -2.98. The van der Waals surface area contributed by atoms with E-state index in [1.54, 1.807) is 23.0 Å². The first kappa shape index (κ1) is 23.7. The van der Waals surface area contributed by atoms with Gasteiger partial charge in [-0.2, -0.15) is 10.2 Å². The van der Waals surface area contributed by atoms with Gasteiger partial charge in [0.05, 0.1) is 24.2 Å². The number of fused-ring (bicyclic) bond motifs is 1. The highest BCUT2D eigenvalue weighted by atomic mass is 32.1. The van der Waals surface area contributed by atoms with Crippen LogP contribution in [0.1, 0.15) is 44.9 Å². The van der Waals surface area contributed by atoms with Crippen molar-refractivity contribution in [3.05, 3.63) is 29.8 Å². The van der Waals surface area contributed by atoms with Gasteiger partial charge in [-0.1, -0.05) is 39.0 Å². The van der Waals surface area contributed by atoms with Gasteiger partial charge in [-0.25, -0.2) is 14.5 Å². The Morgan fingerprint density at radius 2 is 1.91 bits per heavy atom. The van der Waals surface area contributed by atoms with Crippen LogP contribution in [-0.2, 0) is 0 Å². The minimum absolute atomic E-state index is 0.253. The molecular formula is C25H34N8OS. The summed E-state index contributed by atoms with van der Waals surface area (Å²) >= 11 is 1.76. The highest BCUT2D eigenvalue weighted by Gasteiger charge is 2.26. The number of aromatic nitrogens is 6. The number of rotatable bonds is 7. The minimum atomic E-state index is 0.253. The van der Waals surface area contributed by atoms with Crippen LogP contribution in [0.15, 0.2) is 18.6 Å². The maximum absolute atomic E-state index is 5.57. The molecule has 0 atom stereocenters. The summed E-state index contributed by atoms with van der Waals surface area (Å²) in [6, 6.07) is 1.98. The van der Waals surface area contributed by atoms with E-state index in [-0.39, 0.29) is 5.92 Å². The third-order valence-corrected chi connectivity index (χ3v) is 7.72. The number of pyridine rings is 1. The highest BCUT2D eigenvalue weighted by Crippen LogP contribution is 2.41. The first-order valence-electron chi connectivity index (χ1n) is 12.3. The van der Waals surface area contributed by atoms with Gasteiger partial charge in [0.2, 0.25) is 0 Å².